The molecule has 5 heterocycles. The molecule has 2 aliphatic heterocycles. The normalized spacial score (nSPS) is 16.4. The number of nitrogens with zero attached hydrogens (tertiary/aromatic N) is 6. The summed E-state index contributed by atoms with van der Waals surface area (Å²) in [7, 11) is 0. The Morgan fingerprint density at radius 2 is 1.86 bits per heavy atom. The van der Waals surface area contributed by atoms with Crippen molar-refractivity contribution < 1.29 is 13.5 Å². The molecule has 3 aromatic heterocycles. The maximum absolute atomic E-state index is 15.0. The summed E-state index contributed by atoms with van der Waals surface area (Å²) in [5.74, 6) is 0.309. The number of benzene rings is 1. The van der Waals surface area contributed by atoms with Gasteiger partial charge in [-0.1, -0.05) is 0 Å². The molecule has 8 nitrogen and oxygen atoms in total. The SMILES string of the molecule is Cc1nc2c(F)cc(-c3nc(Nc4cc5c(cn4)CCN(C4COC4)C5)ncc3F)cc2n1C(C)C. The monoisotopic (exact) mass is 491 g/mol. The summed E-state index contributed by atoms with van der Waals surface area (Å²) in [5, 5.41) is 3.09. The van der Waals surface area contributed by atoms with E-state index < -0.39 is 11.6 Å². The lowest BCUT2D eigenvalue weighted by Gasteiger charge is -2.40. The number of nitrogens with one attached hydrogen (secondary N) is 1. The van der Waals surface area contributed by atoms with Gasteiger partial charge in [0, 0.05) is 30.9 Å². The van der Waals surface area contributed by atoms with E-state index in [9.17, 15) is 8.78 Å². The lowest BCUT2D eigenvalue weighted by Crippen LogP contribution is -2.50. The van der Waals surface area contributed by atoms with E-state index in [4.69, 9.17) is 4.74 Å². The maximum atomic E-state index is 15.0. The van der Waals surface area contributed by atoms with Crippen LogP contribution in [0.5, 0.6) is 0 Å². The van der Waals surface area contributed by atoms with E-state index in [1.165, 1.54) is 17.2 Å². The fourth-order valence-corrected chi connectivity index (χ4v) is 5.08. The summed E-state index contributed by atoms with van der Waals surface area (Å²) in [6, 6.07) is 5.52. The van der Waals surface area contributed by atoms with Gasteiger partial charge < -0.3 is 14.6 Å². The lowest BCUT2D eigenvalue weighted by atomic mass is 10.00. The molecular weight excluding hydrogens is 464 g/mol. The second-order valence-electron chi connectivity index (χ2n) is 9.71. The molecule has 6 rings (SSSR count). The number of ether oxygens (including phenoxy) is 1. The molecule has 1 saturated heterocycles. The zero-order chi connectivity index (χ0) is 25.0. The van der Waals surface area contributed by atoms with Gasteiger partial charge in [-0.3, -0.25) is 4.90 Å². The number of aryl methyl sites for hydroxylation is 1. The summed E-state index contributed by atoms with van der Waals surface area (Å²) in [6.07, 6.45) is 3.90. The Balaban J connectivity index is 1.31. The third-order valence-corrected chi connectivity index (χ3v) is 6.96. The Bertz CT molecular complexity index is 1460. The summed E-state index contributed by atoms with van der Waals surface area (Å²) < 4.78 is 37.1. The van der Waals surface area contributed by atoms with Gasteiger partial charge in [0.15, 0.2) is 11.6 Å². The first kappa shape index (κ1) is 22.9. The van der Waals surface area contributed by atoms with Gasteiger partial charge in [0.25, 0.3) is 0 Å². The molecule has 0 radical (unpaired) electrons. The minimum atomic E-state index is -0.636. The highest BCUT2D eigenvalue weighted by atomic mass is 19.1. The van der Waals surface area contributed by atoms with Crippen molar-refractivity contribution in [2.45, 2.75) is 45.8 Å². The van der Waals surface area contributed by atoms with Crippen LogP contribution >= 0.6 is 0 Å². The molecule has 186 valence electrons. The molecule has 1 N–H and O–H groups in total. The fraction of sp³-hybridized carbons (Fsp3) is 0.385. The molecule has 0 unspecified atom stereocenters. The first-order valence-electron chi connectivity index (χ1n) is 12.1. The Hall–Kier alpha value is -3.50. The topological polar surface area (TPSA) is 81.0 Å². The molecule has 36 heavy (non-hydrogen) atoms. The number of imidazole rings is 1. The fourth-order valence-electron chi connectivity index (χ4n) is 5.08. The van der Waals surface area contributed by atoms with Crippen LogP contribution in [-0.2, 0) is 17.7 Å². The summed E-state index contributed by atoms with van der Waals surface area (Å²) in [5.41, 5.74) is 3.61. The van der Waals surface area contributed by atoms with E-state index in [2.05, 4.69) is 30.2 Å². The third kappa shape index (κ3) is 4.00. The summed E-state index contributed by atoms with van der Waals surface area (Å²) in [4.78, 5) is 19.8. The molecule has 10 heteroatoms. The Morgan fingerprint density at radius 3 is 2.61 bits per heavy atom. The van der Waals surface area contributed by atoms with Crippen LogP contribution in [0.3, 0.4) is 0 Å². The molecule has 0 saturated carbocycles. The standard InChI is InChI=1S/C26H27F2N7O/c1-14(2)35-15(3)31-25-20(27)6-17(7-22(25)35)24-21(28)10-30-26(33-24)32-23-8-18-11-34(19-12-36-13-19)5-4-16(18)9-29-23/h6-10,14,19H,4-5,11-13H2,1-3H3,(H,29,30,32,33). The van der Waals surface area contributed by atoms with E-state index in [1.54, 1.807) is 6.07 Å². The number of aromatic nitrogens is 5. The highest BCUT2D eigenvalue weighted by molar-refractivity contribution is 5.83. The van der Waals surface area contributed by atoms with Crippen molar-refractivity contribution in [3.63, 3.8) is 0 Å². The van der Waals surface area contributed by atoms with E-state index in [0.717, 1.165) is 38.9 Å². The number of rotatable bonds is 5. The molecular formula is C26H27F2N7O. The lowest BCUT2D eigenvalue weighted by molar-refractivity contribution is -0.0695. The van der Waals surface area contributed by atoms with Crippen molar-refractivity contribution in [1.82, 2.24) is 29.4 Å². The van der Waals surface area contributed by atoms with Crippen LogP contribution in [-0.4, -0.2) is 55.2 Å². The van der Waals surface area contributed by atoms with E-state index >= 15 is 0 Å². The smallest absolute Gasteiger partial charge is 0.229 e. The Labute approximate surface area is 207 Å². The zero-order valence-electron chi connectivity index (χ0n) is 20.4. The molecule has 1 fully saturated rings. The molecule has 0 bridgehead atoms. The molecule has 2 aliphatic rings. The van der Waals surface area contributed by atoms with Gasteiger partial charge in [-0.05, 0) is 56.5 Å². The quantitative estimate of drug-likeness (QED) is 0.438. The van der Waals surface area contributed by atoms with Crippen molar-refractivity contribution in [1.29, 1.82) is 0 Å². The van der Waals surface area contributed by atoms with Crippen molar-refractivity contribution >= 4 is 22.8 Å². The highest BCUT2D eigenvalue weighted by Gasteiger charge is 2.29. The average Bonchev–Trinajstić information content (AvgIpc) is 3.15. The van der Waals surface area contributed by atoms with Crippen LogP contribution < -0.4 is 5.32 Å². The van der Waals surface area contributed by atoms with Crippen molar-refractivity contribution in [3.05, 3.63) is 59.2 Å². The summed E-state index contributed by atoms with van der Waals surface area (Å²) in [6.45, 7) is 9.21. The van der Waals surface area contributed by atoms with Gasteiger partial charge in [-0.15, -0.1) is 0 Å². The van der Waals surface area contributed by atoms with Gasteiger partial charge in [-0.25, -0.2) is 28.7 Å². The van der Waals surface area contributed by atoms with Crippen molar-refractivity contribution in [3.8, 4) is 11.3 Å². The third-order valence-electron chi connectivity index (χ3n) is 6.96. The number of halogens is 2. The van der Waals surface area contributed by atoms with E-state index in [-0.39, 0.29) is 23.2 Å². The van der Waals surface area contributed by atoms with Crippen LogP contribution in [0.1, 0.15) is 36.8 Å². The van der Waals surface area contributed by atoms with E-state index in [1.807, 2.05) is 37.6 Å². The van der Waals surface area contributed by atoms with Crippen LogP contribution in [0.25, 0.3) is 22.3 Å². The molecule has 0 atom stereocenters. The van der Waals surface area contributed by atoms with Gasteiger partial charge in [-0.2, -0.15) is 0 Å². The number of hydrogen-bond donors (Lipinski definition) is 1. The average molecular weight is 492 g/mol. The second-order valence-corrected chi connectivity index (χ2v) is 9.71. The summed E-state index contributed by atoms with van der Waals surface area (Å²) >= 11 is 0. The largest absolute Gasteiger partial charge is 0.378 e. The van der Waals surface area contributed by atoms with Gasteiger partial charge in [0.05, 0.1) is 31.0 Å². The molecule has 0 amide bonds. The number of anilines is 2. The predicted octanol–water partition coefficient (Wildman–Crippen LogP) is 4.56. The van der Waals surface area contributed by atoms with Gasteiger partial charge in [0.2, 0.25) is 5.95 Å². The molecule has 0 aliphatic carbocycles. The number of pyridine rings is 1. The van der Waals surface area contributed by atoms with Crippen LogP contribution in [0, 0.1) is 18.6 Å². The van der Waals surface area contributed by atoms with Crippen LogP contribution in [0.4, 0.5) is 20.5 Å². The van der Waals surface area contributed by atoms with E-state index in [0.29, 0.717) is 28.8 Å². The number of fused-ring (bicyclic) bond motifs is 2. The van der Waals surface area contributed by atoms with Gasteiger partial charge >= 0.3 is 0 Å². The first-order valence-corrected chi connectivity index (χ1v) is 12.1. The number of hydrogen-bond acceptors (Lipinski definition) is 7. The molecule has 0 spiro atoms. The zero-order valence-corrected chi connectivity index (χ0v) is 20.4. The van der Waals surface area contributed by atoms with Crippen molar-refractivity contribution in [2.24, 2.45) is 0 Å². The second kappa shape index (κ2) is 8.86. The molecule has 1 aromatic carbocycles. The maximum Gasteiger partial charge on any atom is 0.229 e. The first-order chi connectivity index (χ1) is 17.4. The Kier molecular flexibility index (Phi) is 5.65. The van der Waals surface area contributed by atoms with Crippen LogP contribution in [0.2, 0.25) is 0 Å². The molecule has 4 aromatic rings. The predicted molar refractivity (Wildman–Crippen MR) is 132 cm³/mol. The highest BCUT2D eigenvalue weighted by Crippen LogP contribution is 2.31. The van der Waals surface area contributed by atoms with Crippen LogP contribution in [0.15, 0.2) is 30.6 Å². The van der Waals surface area contributed by atoms with Gasteiger partial charge in [0.1, 0.15) is 22.9 Å². The minimum absolute atomic E-state index is 0.0107. The Morgan fingerprint density at radius 1 is 1.03 bits per heavy atom. The minimum Gasteiger partial charge on any atom is -0.378 e. The van der Waals surface area contributed by atoms with Crippen molar-refractivity contribution in [2.75, 3.05) is 25.1 Å².